The second kappa shape index (κ2) is 6.90. The van der Waals surface area contributed by atoms with E-state index in [1.807, 2.05) is 18.2 Å². The molecule has 1 amide bonds. The van der Waals surface area contributed by atoms with Gasteiger partial charge in [-0.25, -0.2) is 0 Å². The van der Waals surface area contributed by atoms with E-state index >= 15 is 0 Å². The molecule has 1 aliphatic heterocycles. The molecule has 4 nitrogen and oxygen atoms in total. The molecule has 1 N–H and O–H groups in total. The Morgan fingerprint density at radius 1 is 1.45 bits per heavy atom. The van der Waals surface area contributed by atoms with Crippen molar-refractivity contribution in [1.29, 1.82) is 0 Å². The quantitative estimate of drug-likeness (QED) is 0.860. The Hall–Kier alpha value is -1.33. The highest BCUT2D eigenvalue weighted by atomic mass is 79.9. The maximum absolute atomic E-state index is 12.1. The largest absolute Gasteiger partial charge is 0.496 e. The van der Waals surface area contributed by atoms with Gasteiger partial charge < -0.3 is 14.7 Å². The molecule has 1 saturated heterocycles. The summed E-state index contributed by atoms with van der Waals surface area (Å²) in [6.07, 6.45) is 4.35. The van der Waals surface area contributed by atoms with E-state index in [2.05, 4.69) is 15.9 Å². The predicted octanol–water partition coefficient (Wildman–Crippen LogP) is 2.45. The van der Waals surface area contributed by atoms with Crippen LogP contribution in [0.25, 0.3) is 6.08 Å². The van der Waals surface area contributed by atoms with Crippen LogP contribution < -0.4 is 4.74 Å². The topological polar surface area (TPSA) is 49.8 Å². The minimum Gasteiger partial charge on any atom is -0.496 e. The molecular formula is C15H18BrNO3. The molecule has 0 aromatic heterocycles. The number of nitrogens with zero attached hydrogens (tertiary/aromatic N) is 1. The molecule has 1 aromatic rings. The summed E-state index contributed by atoms with van der Waals surface area (Å²) in [5, 5.41) is 9.44. The minimum atomic E-state index is -0.270. The molecular weight excluding hydrogens is 322 g/mol. The zero-order valence-electron chi connectivity index (χ0n) is 11.4. The number of methoxy groups -OCH3 is 1. The number of halogens is 1. The maximum atomic E-state index is 12.1. The summed E-state index contributed by atoms with van der Waals surface area (Å²) in [7, 11) is 1.61. The third-order valence-corrected chi connectivity index (χ3v) is 3.87. The molecule has 0 radical (unpaired) electrons. The lowest BCUT2D eigenvalue weighted by Crippen LogP contribution is -2.39. The molecule has 0 saturated carbocycles. The lowest BCUT2D eigenvalue weighted by Gasteiger charge is -2.28. The van der Waals surface area contributed by atoms with Crippen LogP contribution in [-0.2, 0) is 4.79 Å². The molecule has 20 heavy (non-hydrogen) atoms. The van der Waals surface area contributed by atoms with Crippen molar-refractivity contribution in [2.45, 2.75) is 18.9 Å². The number of aliphatic hydroxyl groups excluding tert-OH is 1. The van der Waals surface area contributed by atoms with Gasteiger partial charge in [0, 0.05) is 29.2 Å². The van der Waals surface area contributed by atoms with Crippen LogP contribution >= 0.6 is 15.9 Å². The lowest BCUT2D eigenvalue weighted by atomic mass is 10.1. The van der Waals surface area contributed by atoms with Crippen LogP contribution in [-0.4, -0.2) is 42.2 Å². The summed E-state index contributed by atoms with van der Waals surface area (Å²) in [4.78, 5) is 13.8. The summed E-state index contributed by atoms with van der Waals surface area (Å²) in [5.74, 6) is 0.699. The fourth-order valence-electron chi connectivity index (χ4n) is 2.19. The predicted molar refractivity (Wildman–Crippen MR) is 81.5 cm³/mol. The molecule has 0 atom stereocenters. The normalized spacial score (nSPS) is 16.6. The van der Waals surface area contributed by atoms with E-state index in [-0.39, 0.29) is 12.0 Å². The fourth-order valence-corrected chi connectivity index (χ4v) is 2.57. The van der Waals surface area contributed by atoms with E-state index < -0.39 is 0 Å². The fraction of sp³-hybridized carbons (Fsp3) is 0.400. The van der Waals surface area contributed by atoms with Gasteiger partial charge in [0.15, 0.2) is 0 Å². The van der Waals surface area contributed by atoms with Gasteiger partial charge in [-0.15, -0.1) is 0 Å². The zero-order valence-corrected chi connectivity index (χ0v) is 13.0. The first kappa shape index (κ1) is 15.1. The van der Waals surface area contributed by atoms with Crippen LogP contribution in [0.15, 0.2) is 28.7 Å². The number of carbonyl (C=O) groups excluding carboxylic acids is 1. The van der Waals surface area contributed by atoms with Crippen molar-refractivity contribution >= 4 is 27.9 Å². The average molecular weight is 340 g/mol. The molecule has 0 spiro atoms. The first-order valence-electron chi connectivity index (χ1n) is 6.58. The molecule has 108 valence electrons. The molecule has 1 heterocycles. The van der Waals surface area contributed by atoms with E-state index in [0.29, 0.717) is 25.9 Å². The van der Waals surface area contributed by atoms with E-state index in [9.17, 15) is 9.90 Å². The van der Waals surface area contributed by atoms with Crippen molar-refractivity contribution in [2.24, 2.45) is 0 Å². The number of likely N-dealkylation sites (tertiary alicyclic amines) is 1. The van der Waals surface area contributed by atoms with Gasteiger partial charge in [0.25, 0.3) is 0 Å². The van der Waals surface area contributed by atoms with E-state index in [1.54, 1.807) is 24.2 Å². The average Bonchev–Trinajstić information content (AvgIpc) is 2.45. The van der Waals surface area contributed by atoms with Gasteiger partial charge in [0.2, 0.25) is 5.91 Å². The van der Waals surface area contributed by atoms with Gasteiger partial charge in [-0.3, -0.25) is 4.79 Å². The van der Waals surface area contributed by atoms with E-state index in [1.165, 1.54) is 0 Å². The van der Waals surface area contributed by atoms with Gasteiger partial charge in [-0.2, -0.15) is 0 Å². The van der Waals surface area contributed by atoms with Gasteiger partial charge in [-0.05, 0) is 37.1 Å². The van der Waals surface area contributed by atoms with E-state index in [0.717, 1.165) is 15.8 Å². The SMILES string of the molecule is COc1ccc(Br)cc1C=CC(=O)N1CCC(O)CC1. The molecule has 0 unspecified atom stereocenters. The standard InChI is InChI=1S/C15H18BrNO3/c1-20-14-4-3-12(16)10-11(14)2-5-15(19)17-8-6-13(18)7-9-17/h2-5,10,13,18H,6-9H2,1H3. The van der Waals surface area contributed by atoms with Crippen LogP contribution in [0.3, 0.4) is 0 Å². The Balaban J connectivity index is 2.05. The first-order chi connectivity index (χ1) is 9.60. The van der Waals surface area contributed by atoms with Crippen LogP contribution in [0.2, 0.25) is 0 Å². The van der Waals surface area contributed by atoms with Crippen LogP contribution in [0.5, 0.6) is 5.75 Å². The molecule has 2 rings (SSSR count). The highest BCUT2D eigenvalue weighted by Crippen LogP contribution is 2.24. The maximum Gasteiger partial charge on any atom is 0.246 e. The Morgan fingerprint density at radius 3 is 2.80 bits per heavy atom. The Morgan fingerprint density at radius 2 is 2.15 bits per heavy atom. The first-order valence-corrected chi connectivity index (χ1v) is 7.38. The smallest absolute Gasteiger partial charge is 0.246 e. The molecule has 5 heteroatoms. The van der Waals surface area contributed by atoms with Crippen LogP contribution in [0, 0.1) is 0 Å². The zero-order chi connectivity index (χ0) is 14.5. The molecule has 1 aromatic carbocycles. The number of piperidine rings is 1. The summed E-state index contributed by atoms with van der Waals surface area (Å²) in [5.41, 5.74) is 0.854. The Bertz CT molecular complexity index is 508. The van der Waals surface area contributed by atoms with E-state index in [4.69, 9.17) is 4.74 Å². The number of aliphatic hydroxyl groups is 1. The van der Waals surface area contributed by atoms with Gasteiger partial charge in [0.1, 0.15) is 5.75 Å². The van der Waals surface area contributed by atoms with Crippen molar-refractivity contribution in [3.63, 3.8) is 0 Å². The van der Waals surface area contributed by atoms with Crippen molar-refractivity contribution < 1.29 is 14.6 Å². The number of ether oxygens (including phenoxy) is 1. The number of benzene rings is 1. The second-order valence-corrected chi connectivity index (χ2v) is 5.69. The van der Waals surface area contributed by atoms with Gasteiger partial charge in [0.05, 0.1) is 13.2 Å². The molecule has 1 aliphatic rings. The van der Waals surface area contributed by atoms with Crippen LogP contribution in [0.1, 0.15) is 18.4 Å². The number of amides is 1. The number of hydrogen-bond acceptors (Lipinski definition) is 3. The highest BCUT2D eigenvalue weighted by Gasteiger charge is 2.19. The lowest BCUT2D eigenvalue weighted by molar-refractivity contribution is -0.127. The minimum absolute atomic E-state index is 0.0288. The van der Waals surface area contributed by atoms with Gasteiger partial charge >= 0.3 is 0 Å². The van der Waals surface area contributed by atoms with Gasteiger partial charge in [-0.1, -0.05) is 15.9 Å². The summed E-state index contributed by atoms with van der Waals surface area (Å²) in [6.45, 7) is 1.22. The highest BCUT2D eigenvalue weighted by molar-refractivity contribution is 9.10. The van der Waals surface area contributed by atoms with Crippen molar-refractivity contribution in [3.05, 3.63) is 34.3 Å². The van der Waals surface area contributed by atoms with Crippen LogP contribution in [0.4, 0.5) is 0 Å². The molecule has 0 bridgehead atoms. The monoisotopic (exact) mass is 339 g/mol. The Labute approximate surface area is 127 Å². The summed E-state index contributed by atoms with van der Waals surface area (Å²) >= 11 is 3.40. The molecule has 0 aliphatic carbocycles. The summed E-state index contributed by atoms with van der Waals surface area (Å²) < 4.78 is 6.20. The second-order valence-electron chi connectivity index (χ2n) is 4.78. The van der Waals surface area contributed by atoms with Crippen molar-refractivity contribution in [2.75, 3.05) is 20.2 Å². The molecule has 1 fully saturated rings. The third-order valence-electron chi connectivity index (χ3n) is 3.37. The van der Waals surface area contributed by atoms with Crippen molar-refractivity contribution in [1.82, 2.24) is 4.90 Å². The van der Waals surface area contributed by atoms with Crippen molar-refractivity contribution in [3.8, 4) is 5.75 Å². The summed E-state index contributed by atoms with van der Waals surface area (Å²) in [6, 6.07) is 5.65. The Kier molecular flexibility index (Phi) is 5.20. The number of hydrogen-bond donors (Lipinski definition) is 1. The number of rotatable bonds is 3. The third kappa shape index (κ3) is 3.84. The number of carbonyl (C=O) groups is 1.